The molecular weight excluding hydrogens is 1450 g/mol. The number of ether oxygens (including phenoxy) is 4. The van der Waals surface area contributed by atoms with Gasteiger partial charge in [0.25, 0.3) is 0 Å². The van der Waals surface area contributed by atoms with Gasteiger partial charge in [0.1, 0.15) is 19.3 Å². The topological polar surface area (TPSA) is 237 Å². The molecule has 0 bridgehead atoms. The van der Waals surface area contributed by atoms with Gasteiger partial charge in [-0.15, -0.1) is 0 Å². The van der Waals surface area contributed by atoms with E-state index in [4.69, 9.17) is 37.0 Å². The van der Waals surface area contributed by atoms with Gasteiger partial charge in [0.05, 0.1) is 26.4 Å². The van der Waals surface area contributed by atoms with Crippen LogP contribution in [0.2, 0.25) is 0 Å². The molecule has 0 aliphatic rings. The molecule has 3 N–H and O–H groups in total. The Bertz CT molecular complexity index is 2740. The zero-order chi connectivity index (χ0) is 81.7. The summed E-state index contributed by atoms with van der Waals surface area (Å²) >= 11 is 0. The first-order valence-electron chi connectivity index (χ1n) is 43.7. The Balaban J connectivity index is 5.47. The molecule has 0 saturated carbocycles. The maximum Gasteiger partial charge on any atom is 0.472 e. The number of carbonyl (C=O) groups is 4. The summed E-state index contributed by atoms with van der Waals surface area (Å²) < 4.78 is 68.8. The molecule has 0 rings (SSSR count). The van der Waals surface area contributed by atoms with Gasteiger partial charge in [0.2, 0.25) is 0 Å². The summed E-state index contributed by atoms with van der Waals surface area (Å²) in [6.45, 7) is 4.55. The highest BCUT2D eigenvalue weighted by atomic mass is 31.2. The lowest BCUT2D eigenvalue weighted by atomic mass is 10.0. The second-order valence-electron chi connectivity index (χ2n) is 28.7. The molecule has 0 amide bonds. The summed E-state index contributed by atoms with van der Waals surface area (Å²) in [7, 11) is -10.0. The van der Waals surface area contributed by atoms with Crippen LogP contribution in [-0.4, -0.2) is 96.7 Å². The SMILES string of the molecule is CC/C=C\C/C=C\C/C=C\C/C=C\C/C=C\C/C=C\CCC(=O)OCC(COP(=O)(O)OCC(O)COP(=O)(O)OCC(COC(=O)CCCCCCCC/C=C\C/C=C\C/C=C\C/C=C\CC)OC(=O)CCCCCCCCCCCCCCCCC)OC(=O)CCCCCCCC/C=C\C/C=C\C/C=C\CCCCC. The van der Waals surface area contributed by atoms with Crippen molar-refractivity contribution in [3.8, 4) is 0 Å². The van der Waals surface area contributed by atoms with E-state index in [-0.39, 0.29) is 25.7 Å². The number of aliphatic hydroxyl groups is 1. The molecule has 0 saturated heterocycles. The Labute approximate surface area is 680 Å². The van der Waals surface area contributed by atoms with E-state index in [1.807, 2.05) is 18.2 Å². The minimum Gasteiger partial charge on any atom is -0.462 e. The van der Waals surface area contributed by atoms with Gasteiger partial charge >= 0.3 is 39.5 Å². The van der Waals surface area contributed by atoms with Crippen LogP contribution in [-0.2, 0) is 65.4 Å². The highest BCUT2D eigenvalue weighted by molar-refractivity contribution is 7.47. The van der Waals surface area contributed by atoms with Crippen molar-refractivity contribution in [3.63, 3.8) is 0 Å². The highest BCUT2D eigenvalue weighted by Crippen LogP contribution is 2.45. The normalized spacial score (nSPS) is 14.5. The number of phosphoric ester groups is 2. The van der Waals surface area contributed by atoms with E-state index in [1.54, 1.807) is 0 Å². The van der Waals surface area contributed by atoms with E-state index < -0.39 is 97.5 Å². The minimum absolute atomic E-state index is 0.0290. The predicted octanol–water partition coefficient (Wildman–Crippen LogP) is 26.3. The number of rotatable bonds is 81. The first-order valence-corrected chi connectivity index (χ1v) is 46.7. The molecule has 0 spiro atoms. The molecule has 19 heteroatoms. The molecule has 0 aromatic rings. The number of hydrogen-bond donors (Lipinski definition) is 3. The van der Waals surface area contributed by atoms with Crippen LogP contribution in [0.5, 0.6) is 0 Å². The first kappa shape index (κ1) is 107. The summed E-state index contributed by atoms with van der Waals surface area (Å²) in [6.07, 6.45) is 99.2. The molecule has 5 unspecified atom stereocenters. The lowest BCUT2D eigenvalue weighted by molar-refractivity contribution is -0.161. The van der Waals surface area contributed by atoms with E-state index in [1.165, 1.54) is 83.5 Å². The van der Waals surface area contributed by atoms with E-state index in [0.29, 0.717) is 32.1 Å². The molecule has 0 aromatic heterocycles. The zero-order valence-electron chi connectivity index (χ0n) is 70.3. The molecule has 0 fully saturated rings. The summed E-state index contributed by atoms with van der Waals surface area (Å²) in [4.78, 5) is 73.3. The highest BCUT2D eigenvalue weighted by Gasteiger charge is 2.30. The van der Waals surface area contributed by atoms with Crippen LogP contribution in [0, 0.1) is 0 Å². The van der Waals surface area contributed by atoms with Gasteiger partial charge in [0.15, 0.2) is 12.2 Å². The molecule has 0 aromatic carbocycles. The Morgan fingerprint density at radius 2 is 0.482 bits per heavy atom. The van der Waals surface area contributed by atoms with Crippen molar-refractivity contribution in [1.29, 1.82) is 0 Å². The van der Waals surface area contributed by atoms with Crippen molar-refractivity contribution in [2.24, 2.45) is 0 Å². The smallest absolute Gasteiger partial charge is 0.462 e. The fraction of sp³-hybridized carbons (Fsp3) is 0.677. The van der Waals surface area contributed by atoms with Gasteiger partial charge in [-0.2, -0.15) is 0 Å². The molecule has 0 radical (unpaired) electrons. The number of aliphatic hydroxyl groups excluding tert-OH is 1. The number of unbranched alkanes of at least 4 members (excludes halogenated alkanes) is 29. The Morgan fingerprint density at radius 1 is 0.259 bits per heavy atom. The van der Waals surface area contributed by atoms with Crippen molar-refractivity contribution in [3.05, 3.63) is 158 Å². The van der Waals surface area contributed by atoms with Crippen LogP contribution < -0.4 is 0 Å². The Hall–Kier alpha value is -5.32. The van der Waals surface area contributed by atoms with Crippen LogP contribution in [0.1, 0.15) is 349 Å². The van der Waals surface area contributed by atoms with E-state index in [9.17, 15) is 43.2 Å². The standard InChI is InChI=1S/C93H156O17P2/c1-5-9-13-17-21-25-29-33-37-40-43-46-50-53-57-61-65-69-73-77-90(95)103-83-88(109-92(97)79-75-71-67-63-59-55-49-36-32-28-24-20-16-12-8-4)85-107-111(99,100)105-81-87(94)82-106-112(101,102)108-86-89(110-93(98)80-76-72-68-64-60-56-52-48-45-42-39-35-31-27-23-19-15-11-7-3)84-104-91(96)78-74-70-66-62-58-54-51-47-44-41-38-34-30-26-22-18-14-10-6-2/h9-10,13-14,21-23,25-27,33-35,37-39,43-48,54,58,66,70,87-89,94H,5-8,11-12,15-20,24,28-32,36,40-42,49-53,55-57,59-65,67-69,71-86H2,1-4H3,(H,99,100)(H,101,102)/b13-9-,14-10-,25-21-,26-22-,27-23-,37-33-,38-34-,39-35-,46-43-,47-44-,48-45-,58-54-,70-66-. The molecule has 5 atom stereocenters. The number of allylic oxidation sites excluding steroid dienone is 26. The van der Waals surface area contributed by atoms with Gasteiger partial charge in [-0.05, 0) is 141 Å². The van der Waals surface area contributed by atoms with Crippen molar-refractivity contribution >= 4 is 39.5 Å². The fourth-order valence-corrected chi connectivity index (χ4v) is 13.0. The van der Waals surface area contributed by atoms with Crippen molar-refractivity contribution < 1.29 is 80.2 Å². The molecule has 0 heterocycles. The van der Waals surface area contributed by atoms with Gasteiger partial charge in [0, 0.05) is 25.7 Å². The summed E-state index contributed by atoms with van der Waals surface area (Å²) in [5.41, 5.74) is 0. The summed E-state index contributed by atoms with van der Waals surface area (Å²) in [5.74, 6) is -2.29. The van der Waals surface area contributed by atoms with E-state index >= 15 is 0 Å². The van der Waals surface area contributed by atoms with Crippen LogP contribution in [0.15, 0.2) is 158 Å². The number of esters is 4. The second-order valence-corrected chi connectivity index (χ2v) is 31.6. The number of phosphoric acid groups is 2. The third kappa shape index (κ3) is 82.7. The van der Waals surface area contributed by atoms with Gasteiger partial charge < -0.3 is 33.8 Å². The predicted molar refractivity (Wildman–Crippen MR) is 464 cm³/mol. The second kappa shape index (κ2) is 83.6. The van der Waals surface area contributed by atoms with Crippen LogP contribution in [0.4, 0.5) is 0 Å². The van der Waals surface area contributed by atoms with E-state index in [0.717, 1.165) is 180 Å². The maximum atomic E-state index is 13.2. The zero-order valence-corrected chi connectivity index (χ0v) is 72.1. The van der Waals surface area contributed by atoms with Gasteiger partial charge in [-0.3, -0.25) is 37.3 Å². The molecule has 640 valence electrons. The minimum atomic E-state index is -5.01. The fourth-order valence-electron chi connectivity index (χ4n) is 11.4. The molecule has 0 aliphatic carbocycles. The van der Waals surface area contributed by atoms with Gasteiger partial charge in [-0.1, -0.05) is 340 Å². The van der Waals surface area contributed by atoms with Crippen molar-refractivity contribution in [2.45, 2.75) is 367 Å². The average molecular weight is 1610 g/mol. The molecule has 0 aliphatic heterocycles. The summed E-state index contributed by atoms with van der Waals surface area (Å²) in [5, 5.41) is 10.7. The van der Waals surface area contributed by atoms with Gasteiger partial charge in [-0.25, -0.2) is 9.13 Å². The molecule has 112 heavy (non-hydrogen) atoms. The van der Waals surface area contributed by atoms with Crippen LogP contribution in [0.25, 0.3) is 0 Å². The van der Waals surface area contributed by atoms with Crippen LogP contribution >= 0.6 is 15.6 Å². The van der Waals surface area contributed by atoms with Crippen molar-refractivity contribution in [1.82, 2.24) is 0 Å². The quantitative estimate of drug-likeness (QED) is 0.0169. The first-order chi connectivity index (χ1) is 54.7. The monoisotopic (exact) mass is 1610 g/mol. The number of hydrogen-bond acceptors (Lipinski definition) is 15. The number of carbonyl (C=O) groups excluding carboxylic acids is 4. The lowest BCUT2D eigenvalue weighted by Crippen LogP contribution is -2.30. The Kier molecular flexibility index (Phi) is 79.6. The maximum absolute atomic E-state index is 13.2. The molecular formula is C93H156O17P2. The third-order valence-corrected chi connectivity index (χ3v) is 19.9. The largest absolute Gasteiger partial charge is 0.472 e. The summed E-state index contributed by atoms with van der Waals surface area (Å²) in [6, 6.07) is 0. The average Bonchev–Trinajstić information content (AvgIpc) is 0.898. The Morgan fingerprint density at radius 3 is 0.786 bits per heavy atom. The van der Waals surface area contributed by atoms with Crippen molar-refractivity contribution in [2.75, 3.05) is 39.6 Å². The molecule has 17 nitrogen and oxygen atoms in total. The third-order valence-electron chi connectivity index (χ3n) is 18.0. The lowest BCUT2D eigenvalue weighted by Gasteiger charge is -2.21. The van der Waals surface area contributed by atoms with Crippen LogP contribution in [0.3, 0.4) is 0 Å². The van der Waals surface area contributed by atoms with E-state index in [2.05, 4.69) is 167 Å².